The van der Waals surface area contributed by atoms with Crippen molar-refractivity contribution in [3.8, 4) is 0 Å². The summed E-state index contributed by atoms with van der Waals surface area (Å²) in [6, 6.07) is 5.74. The van der Waals surface area contributed by atoms with E-state index in [-0.39, 0.29) is 11.4 Å². The van der Waals surface area contributed by atoms with E-state index in [0.29, 0.717) is 12.2 Å². The number of allylic oxidation sites excluding steroid dienone is 2. The third-order valence-electron chi connectivity index (χ3n) is 4.32. The number of hydrogen-bond donors (Lipinski definition) is 1. The van der Waals surface area contributed by atoms with Gasteiger partial charge in [0.15, 0.2) is 0 Å². The molecule has 5 heteroatoms. The van der Waals surface area contributed by atoms with Crippen molar-refractivity contribution in [3.63, 3.8) is 0 Å². The van der Waals surface area contributed by atoms with Gasteiger partial charge in [0.1, 0.15) is 0 Å². The van der Waals surface area contributed by atoms with Crippen molar-refractivity contribution in [2.24, 2.45) is 4.99 Å². The normalized spacial score (nSPS) is 18.0. The number of aromatic nitrogens is 1. The van der Waals surface area contributed by atoms with Crippen LogP contribution in [0.2, 0.25) is 0 Å². The largest absolute Gasteiger partial charge is 0.369 e. The molecule has 0 spiro atoms. The first kappa shape index (κ1) is 19.9. The average Bonchev–Trinajstić information content (AvgIpc) is 3.01. The van der Waals surface area contributed by atoms with E-state index in [1.807, 2.05) is 50.9 Å². The average molecular weight is 354 g/mol. The molecular formula is C21H30N4O. The number of pyridine rings is 1. The van der Waals surface area contributed by atoms with E-state index in [1.54, 1.807) is 6.20 Å². The van der Waals surface area contributed by atoms with Crippen LogP contribution in [0.4, 0.5) is 0 Å². The van der Waals surface area contributed by atoms with Gasteiger partial charge in [-0.05, 0) is 64.7 Å². The lowest BCUT2D eigenvalue weighted by molar-refractivity contribution is -0.123. The van der Waals surface area contributed by atoms with Crippen LogP contribution in [0.3, 0.4) is 0 Å². The summed E-state index contributed by atoms with van der Waals surface area (Å²) in [6.07, 6.45) is 4.73. The number of carbonyl (C=O) groups excluding carboxylic acids is 1. The van der Waals surface area contributed by atoms with Crippen molar-refractivity contribution in [2.45, 2.75) is 52.5 Å². The minimum atomic E-state index is -0.223. The fourth-order valence-electron chi connectivity index (χ4n) is 3.02. The Balaban J connectivity index is 2.15. The minimum absolute atomic E-state index is 0.0225. The molecular weight excluding hydrogens is 324 g/mol. The second-order valence-electron chi connectivity index (χ2n) is 7.79. The number of likely N-dealkylation sites (N-methyl/N-ethyl adjacent to an activating group) is 1. The highest BCUT2D eigenvalue weighted by Crippen LogP contribution is 2.28. The lowest BCUT2D eigenvalue weighted by atomic mass is 10.1. The Morgan fingerprint density at radius 3 is 2.69 bits per heavy atom. The predicted molar refractivity (Wildman–Crippen MR) is 108 cm³/mol. The first-order valence-electron chi connectivity index (χ1n) is 9.07. The van der Waals surface area contributed by atoms with Gasteiger partial charge in [-0.25, -0.2) is 0 Å². The van der Waals surface area contributed by atoms with E-state index >= 15 is 0 Å². The van der Waals surface area contributed by atoms with Crippen LogP contribution in [0.25, 0.3) is 5.70 Å². The van der Waals surface area contributed by atoms with Crippen LogP contribution in [0.5, 0.6) is 0 Å². The summed E-state index contributed by atoms with van der Waals surface area (Å²) in [5.74, 6) is 0.0225. The summed E-state index contributed by atoms with van der Waals surface area (Å²) >= 11 is 0. The first-order valence-corrected chi connectivity index (χ1v) is 9.07. The number of hydrogen-bond acceptors (Lipinski definition) is 4. The van der Waals surface area contributed by atoms with Crippen LogP contribution in [-0.2, 0) is 4.79 Å². The number of nitrogens with one attached hydrogen (secondary N) is 1. The molecule has 0 unspecified atom stereocenters. The molecule has 1 amide bonds. The second-order valence-corrected chi connectivity index (χ2v) is 7.79. The number of nitrogens with zero attached hydrogens (tertiary/aromatic N) is 3. The van der Waals surface area contributed by atoms with Crippen LogP contribution >= 0.6 is 0 Å². The van der Waals surface area contributed by atoms with E-state index < -0.39 is 0 Å². The van der Waals surface area contributed by atoms with Crippen LogP contribution in [0.15, 0.2) is 47.2 Å². The molecule has 0 bridgehead atoms. The van der Waals surface area contributed by atoms with Gasteiger partial charge in [0, 0.05) is 30.2 Å². The fourth-order valence-corrected chi connectivity index (χ4v) is 3.02. The maximum atomic E-state index is 12.2. The Hall–Kier alpha value is -2.43. The summed E-state index contributed by atoms with van der Waals surface area (Å²) < 4.78 is 0. The van der Waals surface area contributed by atoms with E-state index in [1.165, 1.54) is 5.57 Å². The van der Waals surface area contributed by atoms with Gasteiger partial charge in [-0.2, -0.15) is 0 Å². The summed E-state index contributed by atoms with van der Waals surface area (Å²) in [7, 11) is 1.95. The molecule has 0 atom stereocenters. The molecule has 1 heterocycles. The van der Waals surface area contributed by atoms with E-state index in [9.17, 15) is 4.79 Å². The zero-order valence-electron chi connectivity index (χ0n) is 16.6. The molecule has 1 aromatic heterocycles. The van der Waals surface area contributed by atoms with Gasteiger partial charge >= 0.3 is 0 Å². The van der Waals surface area contributed by atoms with Gasteiger partial charge in [-0.3, -0.25) is 14.8 Å². The van der Waals surface area contributed by atoms with Gasteiger partial charge in [0.2, 0.25) is 5.91 Å². The third-order valence-corrected chi connectivity index (χ3v) is 4.32. The Morgan fingerprint density at radius 1 is 1.35 bits per heavy atom. The quantitative estimate of drug-likeness (QED) is 0.875. The zero-order valence-corrected chi connectivity index (χ0v) is 16.6. The van der Waals surface area contributed by atoms with Crippen LogP contribution in [0, 0.1) is 0 Å². The van der Waals surface area contributed by atoms with Crippen molar-refractivity contribution in [2.75, 3.05) is 13.6 Å². The molecule has 1 N–H and O–H groups in total. The van der Waals surface area contributed by atoms with Gasteiger partial charge in [-0.15, -0.1) is 0 Å². The lowest BCUT2D eigenvalue weighted by Crippen LogP contribution is -2.45. The highest BCUT2D eigenvalue weighted by atomic mass is 16.2. The Morgan fingerprint density at radius 2 is 2.08 bits per heavy atom. The summed E-state index contributed by atoms with van der Waals surface area (Å²) in [4.78, 5) is 23.3. The third kappa shape index (κ3) is 5.55. The van der Waals surface area contributed by atoms with Crippen molar-refractivity contribution in [3.05, 3.63) is 47.9 Å². The van der Waals surface area contributed by atoms with Crippen molar-refractivity contribution >= 4 is 17.3 Å². The smallest absolute Gasteiger partial charge is 0.239 e. The number of carbonyl (C=O) groups is 1. The summed E-state index contributed by atoms with van der Waals surface area (Å²) in [6.45, 7) is 12.4. The molecule has 0 aliphatic heterocycles. The molecule has 1 aliphatic carbocycles. The van der Waals surface area contributed by atoms with Gasteiger partial charge in [-0.1, -0.05) is 12.6 Å². The zero-order chi connectivity index (χ0) is 19.3. The van der Waals surface area contributed by atoms with Crippen molar-refractivity contribution < 1.29 is 4.79 Å². The number of amides is 1. The monoisotopic (exact) mass is 354 g/mol. The summed E-state index contributed by atoms with van der Waals surface area (Å²) in [5.41, 5.74) is 4.62. The van der Waals surface area contributed by atoms with Gasteiger partial charge in [0.25, 0.3) is 0 Å². The molecule has 1 aromatic rings. The standard InChI is InChI=1S/C21H30N4O/c1-15(18-11-7-8-13-22-18)23-19-12-9-10-17(19)16(2)25(6)14-20(26)24-21(3,4)5/h7-8,11,13H,1,9-10,12,14H2,2-6H3,(H,24,26)/b17-16+,23-19-. The molecule has 0 radical (unpaired) electrons. The van der Waals surface area contributed by atoms with Crippen molar-refractivity contribution in [1.82, 2.24) is 15.2 Å². The van der Waals surface area contributed by atoms with E-state index in [2.05, 4.69) is 23.8 Å². The van der Waals surface area contributed by atoms with E-state index in [4.69, 9.17) is 4.99 Å². The minimum Gasteiger partial charge on any atom is -0.369 e. The van der Waals surface area contributed by atoms with Gasteiger partial charge in [0.05, 0.1) is 17.9 Å². The van der Waals surface area contributed by atoms with Crippen LogP contribution in [-0.4, -0.2) is 40.6 Å². The lowest BCUT2D eigenvalue weighted by Gasteiger charge is -2.25. The number of aliphatic imine (C=N–C) groups is 1. The molecule has 140 valence electrons. The van der Waals surface area contributed by atoms with Crippen LogP contribution < -0.4 is 5.32 Å². The Kier molecular flexibility index (Phi) is 6.35. The second kappa shape index (κ2) is 8.30. The summed E-state index contributed by atoms with van der Waals surface area (Å²) in [5, 5.41) is 3.00. The number of rotatable bonds is 5. The molecule has 0 aromatic carbocycles. The molecule has 2 rings (SSSR count). The first-order chi connectivity index (χ1) is 12.2. The molecule has 0 saturated heterocycles. The Labute approximate surface area is 156 Å². The molecule has 1 aliphatic rings. The molecule has 1 saturated carbocycles. The SMILES string of the molecule is C=C(/N=C1/CCC/C1=C(/C)N(C)CC(=O)NC(C)(C)C)c1ccccn1. The van der Waals surface area contributed by atoms with Gasteiger partial charge < -0.3 is 10.2 Å². The topological polar surface area (TPSA) is 57.6 Å². The van der Waals surface area contributed by atoms with Crippen LogP contribution in [0.1, 0.15) is 52.7 Å². The maximum Gasteiger partial charge on any atom is 0.239 e. The van der Waals surface area contributed by atoms with E-state index in [0.717, 1.165) is 36.4 Å². The predicted octanol–water partition coefficient (Wildman–Crippen LogP) is 3.80. The maximum absolute atomic E-state index is 12.2. The molecule has 26 heavy (non-hydrogen) atoms. The Bertz CT molecular complexity index is 726. The highest BCUT2D eigenvalue weighted by Gasteiger charge is 2.22. The molecule has 1 fully saturated rings. The molecule has 5 nitrogen and oxygen atoms in total. The van der Waals surface area contributed by atoms with Crippen molar-refractivity contribution in [1.29, 1.82) is 0 Å². The highest BCUT2D eigenvalue weighted by molar-refractivity contribution is 6.05. The fraction of sp³-hybridized carbons (Fsp3) is 0.476.